The molecule has 2 rings (SSSR count). The van der Waals surface area contributed by atoms with Crippen molar-refractivity contribution in [2.75, 3.05) is 0 Å². The summed E-state index contributed by atoms with van der Waals surface area (Å²) in [5, 5.41) is 9.07. The molecule has 0 aromatic carbocycles. The van der Waals surface area contributed by atoms with Gasteiger partial charge in [-0.05, 0) is 32.3 Å². The van der Waals surface area contributed by atoms with Crippen LogP contribution in [0.25, 0.3) is 0 Å². The predicted molar refractivity (Wildman–Crippen MR) is 47.9 cm³/mol. The average Bonchev–Trinajstić information content (AvgIpc) is 2.03. The molecular formula is C10H11N3. The van der Waals surface area contributed by atoms with Crippen molar-refractivity contribution in [3.8, 4) is 6.07 Å². The molecule has 0 saturated heterocycles. The molecule has 0 N–H and O–H groups in total. The minimum atomic E-state index is -0.298. The van der Waals surface area contributed by atoms with Crippen molar-refractivity contribution in [2.24, 2.45) is 0 Å². The smallest absolute Gasteiger partial charge is 0.115 e. The molecule has 1 aliphatic carbocycles. The Morgan fingerprint density at radius 3 is 2.69 bits per heavy atom. The zero-order chi connectivity index (χ0) is 9.31. The van der Waals surface area contributed by atoms with Crippen LogP contribution in [-0.4, -0.2) is 9.97 Å². The first-order chi connectivity index (χ1) is 6.27. The molecule has 0 amide bonds. The molecule has 3 nitrogen and oxygen atoms in total. The van der Waals surface area contributed by atoms with Crippen molar-refractivity contribution in [3.05, 3.63) is 23.8 Å². The van der Waals surface area contributed by atoms with Crippen LogP contribution in [0.15, 0.2) is 12.4 Å². The molecule has 0 bridgehead atoms. The van der Waals surface area contributed by atoms with Gasteiger partial charge in [-0.15, -0.1) is 0 Å². The lowest BCUT2D eigenvalue weighted by atomic mass is 9.67. The Hall–Kier alpha value is -1.43. The third-order valence-electron chi connectivity index (χ3n) is 2.72. The Bertz CT molecular complexity index is 361. The maximum absolute atomic E-state index is 9.07. The quantitative estimate of drug-likeness (QED) is 0.649. The number of hydrogen-bond acceptors (Lipinski definition) is 3. The molecule has 0 atom stereocenters. The van der Waals surface area contributed by atoms with Crippen LogP contribution in [0.2, 0.25) is 0 Å². The molecule has 1 saturated carbocycles. The van der Waals surface area contributed by atoms with E-state index in [1.165, 1.54) is 0 Å². The summed E-state index contributed by atoms with van der Waals surface area (Å²) in [6, 6.07) is 4.29. The highest BCUT2D eigenvalue weighted by Crippen LogP contribution is 2.41. The van der Waals surface area contributed by atoms with E-state index in [0.717, 1.165) is 30.7 Å². The topological polar surface area (TPSA) is 49.6 Å². The Morgan fingerprint density at radius 1 is 1.46 bits per heavy atom. The molecule has 0 unspecified atom stereocenters. The lowest BCUT2D eigenvalue weighted by Crippen LogP contribution is -2.33. The second-order valence-electron chi connectivity index (χ2n) is 3.59. The largest absolute Gasteiger partial charge is 0.242 e. The highest BCUT2D eigenvalue weighted by molar-refractivity contribution is 5.29. The average molecular weight is 173 g/mol. The van der Waals surface area contributed by atoms with Gasteiger partial charge >= 0.3 is 0 Å². The van der Waals surface area contributed by atoms with Crippen LogP contribution in [0, 0.1) is 18.3 Å². The molecule has 0 spiro atoms. The summed E-state index contributed by atoms with van der Waals surface area (Å²) in [6.45, 7) is 1.93. The third-order valence-corrected chi connectivity index (χ3v) is 2.72. The van der Waals surface area contributed by atoms with Gasteiger partial charge in [0, 0.05) is 5.69 Å². The van der Waals surface area contributed by atoms with Crippen molar-refractivity contribution < 1.29 is 0 Å². The highest BCUT2D eigenvalue weighted by atomic mass is 14.8. The van der Waals surface area contributed by atoms with Crippen molar-refractivity contribution in [1.29, 1.82) is 5.26 Å². The summed E-state index contributed by atoms with van der Waals surface area (Å²) < 4.78 is 0. The van der Waals surface area contributed by atoms with E-state index < -0.39 is 0 Å². The normalized spacial score (nSPS) is 18.8. The number of nitriles is 1. The number of rotatable bonds is 1. The van der Waals surface area contributed by atoms with Crippen LogP contribution in [-0.2, 0) is 5.41 Å². The standard InChI is InChI=1S/C10H11N3/c1-8-5-9(13-7-12-8)10(6-11)3-2-4-10/h5,7H,2-4H2,1H3. The molecule has 1 aromatic rings. The van der Waals surface area contributed by atoms with E-state index in [1.807, 2.05) is 13.0 Å². The van der Waals surface area contributed by atoms with E-state index in [-0.39, 0.29) is 5.41 Å². The molecule has 1 aliphatic rings. The zero-order valence-corrected chi connectivity index (χ0v) is 7.62. The molecule has 1 fully saturated rings. The predicted octanol–water partition coefficient (Wildman–Crippen LogP) is 1.73. The minimum Gasteiger partial charge on any atom is -0.242 e. The number of nitrogens with zero attached hydrogens (tertiary/aromatic N) is 3. The van der Waals surface area contributed by atoms with Gasteiger partial charge < -0.3 is 0 Å². The van der Waals surface area contributed by atoms with E-state index in [4.69, 9.17) is 5.26 Å². The van der Waals surface area contributed by atoms with Gasteiger partial charge in [0.15, 0.2) is 0 Å². The van der Waals surface area contributed by atoms with Gasteiger partial charge in [0.05, 0.1) is 17.2 Å². The highest BCUT2D eigenvalue weighted by Gasteiger charge is 2.40. The van der Waals surface area contributed by atoms with E-state index in [2.05, 4.69) is 16.0 Å². The molecule has 1 aromatic heterocycles. The van der Waals surface area contributed by atoms with Crippen molar-refractivity contribution >= 4 is 0 Å². The molecular weight excluding hydrogens is 162 g/mol. The SMILES string of the molecule is Cc1cc(C2(C#N)CCC2)ncn1. The fraction of sp³-hybridized carbons (Fsp3) is 0.500. The first-order valence-electron chi connectivity index (χ1n) is 4.47. The van der Waals surface area contributed by atoms with E-state index >= 15 is 0 Å². The number of hydrogen-bond donors (Lipinski definition) is 0. The van der Waals surface area contributed by atoms with Gasteiger partial charge in [0.2, 0.25) is 0 Å². The van der Waals surface area contributed by atoms with Crippen LogP contribution in [0.4, 0.5) is 0 Å². The Balaban J connectivity index is 2.40. The van der Waals surface area contributed by atoms with Crippen LogP contribution >= 0.6 is 0 Å². The van der Waals surface area contributed by atoms with Crippen molar-refractivity contribution in [1.82, 2.24) is 9.97 Å². The summed E-state index contributed by atoms with van der Waals surface area (Å²) in [4.78, 5) is 8.20. The molecule has 3 heteroatoms. The third kappa shape index (κ3) is 1.19. The zero-order valence-electron chi connectivity index (χ0n) is 7.62. The molecule has 0 aliphatic heterocycles. The Morgan fingerprint density at radius 2 is 2.23 bits per heavy atom. The van der Waals surface area contributed by atoms with Gasteiger partial charge in [0.1, 0.15) is 6.33 Å². The van der Waals surface area contributed by atoms with E-state index in [0.29, 0.717) is 0 Å². The van der Waals surface area contributed by atoms with Gasteiger partial charge in [-0.2, -0.15) is 5.26 Å². The van der Waals surface area contributed by atoms with Crippen molar-refractivity contribution in [3.63, 3.8) is 0 Å². The minimum absolute atomic E-state index is 0.298. The van der Waals surface area contributed by atoms with E-state index in [9.17, 15) is 0 Å². The molecule has 0 radical (unpaired) electrons. The summed E-state index contributed by atoms with van der Waals surface area (Å²) in [5.41, 5.74) is 1.54. The number of aromatic nitrogens is 2. The second-order valence-corrected chi connectivity index (χ2v) is 3.59. The van der Waals surface area contributed by atoms with Crippen LogP contribution in [0.5, 0.6) is 0 Å². The van der Waals surface area contributed by atoms with E-state index in [1.54, 1.807) is 6.33 Å². The molecule has 66 valence electrons. The van der Waals surface area contributed by atoms with Crippen LogP contribution in [0.1, 0.15) is 30.7 Å². The van der Waals surface area contributed by atoms with Gasteiger partial charge in [0.25, 0.3) is 0 Å². The Kier molecular flexibility index (Phi) is 1.77. The van der Waals surface area contributed by atoms with Crippen LogP contribution < -0.4 is 0 Å². The summed E-state index contributed by atoms with van der Waals surface area (Å²) in [5.74, 6) is 0. The van der Waals surface area contributed by atoms with Gasteiger partial charge in [-0.3, -0.25) is 0 Å². The monoisotopic (exact) mass is 173 g/mol. The van der Waals surface area contributed by atoms with Crippen LogP contribution in [0.3, 0.4) is 0 Å². The fourth-order valence-electron chi connectivity index (χ4n) is 1.67. The fourth-order valence-corrected chi connectivity index (χ4v) is 1.67. The van der Waals surface area contributed by atoms with Gasteiger partial charge in [-0.1, -0.05) is 0 Å². The van der Waals surface area contributed by atoms with Gasteiger partial charge in [-0.25, -0.2) is 9.97 Å². The number of aryl methyl sites for hydroxylation is 1. The lowest BCUT2D eigenvalue weighted by molar-refractivity contribution is 0.315. The maximum atomic E-state index is 9.07. The Labute approximate surface area is 77.4 Å². The first kappa shape index (κ1) is 8.18. The summed E-state index contributed by atoms with van der Waals surface area (Å²) in [7, 11) is 0. The molecule has 1 heterocycles. The second kappa shape index (κ2) is 2.81. The summed E-state index contributed by atoms with van der Waals surface area (Å²) >= 11 is 0. The molecule has 13 heavy (non-hydrogen) atoms. The first-order valence-corrected chi connectivity index (χ1v) is 4.47. The lowest BCUT2D eigenvalue weighted by Gasteiger charge is -2.34. The van der Waals surface area contributed by atoms with Crippen molar-refractivity contribution in [2.45, 2.75) is 31.6 Å². The summed E-state index contributed by atoms with van der Waals surface area (Å²) in [6.07, 6.45) is 4.57. The maximum Gasteiger partial charge on any atom is 0.115 e.